The molecule has 3 aromatic rings. The third-order valence-corrected chi connectivity index (χ3v) is 6.59. The van der Waals surface area contributed by atoms with E-state index < -0.39 is 23.8 Å². The van der Waals surface area contributed by atoms with Crippen molar-refractivity contribution in [3.05, 3.63) is 91.6 Å². The van der Waals surface area contributed by atoms with Crippen molar-refractivity contribution in [3.63, 3.8) is 0 Å². The van der Waals surface area contributed by atoms with E-state index in [0.717, 1.165) is 21.6 Å². The summed E-state index contributed by atoms with van der Waals surface area (Å²) in [5.74, 6) is -1.65. The summed E-state index contributed by atoms with van der Waals surface area (Å²) in [4.78, 5) is 50.6. The molecule has 4 amide bonds. The summed E-state index contributed by atoms with van der Waals surface area (Å²) in [6, 6.07) is 14.3. The molecular formula is C29H25IN2O7. The maximum Gasteiger partial charge on any atom is 0.335 e. The Hall–Kier alpha value is -4.19. The molecule has 200 valence electrons. The van der Waals surface area contributed by atoms with Gasteiger partial charge in [0.1, 0.15) is 12.2 Å². The smallest absolute Gasteiger partial charge is 0.335 e. The first-order valence-corrected chi connectivity index (χ1v) is 13.1. The number of urea groups is 1. The number of carbonyl (C=O) groups excluding carboxylic acids is 3. The van der Waals surface area contributed by atoms with Crippen LogP contribution in [-0.2, 0) is 16.2 Å². The highest BCUT2D eigenvalue weighted by Gasteiger charge is 2.37. The summed E-state index contributed by atoms with van der Waals surface area (Å²) in [6.45, 7) is 6.05. The Bertz CT molecular complexity index is 1490. The van der Waals surface area contributed by atoms with Gasteiger partial charge < -0.3 is 14.6 Å². The minimum Gasteiger partial charge on any atom is -0.490 e. The molecule has 0 aliphatic carbocycles. The number of carboxylic acid groups (broad SMARTS) is 1. The Kier molecular flexibility index (Phi) is 8.34. The Morgan fingerprint density at radius 3 is 2.28 bits per heavy atom. The number of aromatic carboxylic acids is 1. The van der Waals surface area contributed by atoms with E-state index in [-0.39, 0.29) is 17.7 Å². The molecule has 1 saturated heterocycles. The first-order valence-electron chi connectivity index (χ1n) is 12.0. The second-order valence-electron chi connectivity index (χ2n) is 8.86. The maximum absolute atomic E-state index is 13.3. The highest BCUT2D eigenvalue weighted by atomic mass is 127. The van der Waals surface area contributed by atoms with Crippen LogP contribution in [0.25, 0.3) is 6.08 Å². The van der Waals surface area contributed by atoms with Crippen LogP contribution in [0.15, 0.2) is 60.2 Å². The summed E-state index contributed by atoms with van der Waals surface area (Å²) in [7, 11) is 0. The molecule has 2 N–H and O–H groups in total. The molecule has 9 nitrogen and oxygen atoms in total. The normalized spacial score (nSPS) is 14.4. The predicted octanol–water partition coefficient (Wildman–Crippen LogP) is 5.25. The van der Waals surface area contributed by atoms with Gasteiger partial charge in [-0.25, -0.2) is 14.5 Å². The molecule has 0 unspecified atom stereocenters. The van der Waals surface area contributed by atoms with Gasteiger partial charge in [0.15, 0.2) is 11.5 Å². The molecular weight excluding hydrogens is 615 g/mol. The van der Waals surface area contributed by atoms with Gasteiger partial charge >= 0.3 is 12.0 Å². The zero-order valence-electron chi connectivity index (χ0n) is 21.4. The van der Waals surface area contributed by atoms with E-state index in [1.54, 1.807) is 36.4 Å². The van der Waals surface area contributed by atoms with Gasteiger partial charge in [-0.3, -0.25) is 14.9 Å². The Balaban J connectivity index is 1.64. The van der Waals surface area contributed by atoms with Crippen LogP contribution < -0.4 is 19.7 Å². The number of carboxylic acids is 1. The van der Waals surface area contributed by atoms with Gasteiger partial charge in [-0.15, -0.1) is 0 Å². The van der Waals surface area contributed by atoms with Crippen LogP contribution in [-0.4, -0.2) is 35.5 Å². The van der Waals surface area contributed by atoms with Crippen LogP contribution in [0, 0.1) is 17.4 Å². The number of hydrogen-bond donors (Lipinski definition) is 2. The molecule has 4 rings (SSSR count). The number of ether oxygens (including phenoxy) is 2. The molecule has 1 aliphatic rings. The van der Waals surface area contributed by atoms with E-state index >= 15 is 0 Å². The van der Waals surface area contributed by atoms with Crippen LogP contribution in [0.3, 0.4) is 0 Å². The van der Waals surface area contributed by atoms with Crippen molar-refractivity contribution < 1.29 is 33.8 Å². The minimum absolute atomic E-state index is 0.171. The molecule has 10 heteroatoms. The van der Waals surface area contributed by atoms with Gasteiger partial charge in [-0.2, -0.15) is 0 Å². The van der Waals surface area contributed by atoms with E-state index in [2.05, 4.69) is 27.9 Å². The van der Waals surface area contributed by atoms with Gasteiger partial charge in [-0.05, 0) is 108 Å². The van der Waals surface area contributed by atoms with Crippen LogP contribution in [0.1, 0.15) is 39.5 Å². The molecule has 0 spiro atoms. The first kappa shape index (κ1) is 27.8. The van der Waals surface area contributed by atoms with Crippen molar-refractivity contribution in [2.45, 2.75) is 27.4 Å². The van der Waals surface area contributed by atoms with Crippen LogP contribution in [0.5, 0.6) is 11.5 Å². The van der Waals surface area contributed by atoms with Gasteiger partial charge in [0.05, 0.1) is 21.4 Å². The number of aryl methyl sites for hydroxylation is 2. The number of barbiturate groups is 1. The fourth-order valence-electron chi connectivity index (χ4n) is 4.11. The van der Waals surface area contributed by atoms with Crippen molar-refractivity contribution in [2.75, 3.05) is 11.5 Å². The number of rotatable bonds is 8. The summed E-state index contributed by atoms with van der Waals surface area (Å²) in [6.07, 6.45) is 1.42. The number of nitrogens with one attached hydrogen (secondary N) is 1. The van der Waals surface area contributed by atoms with E-state index in [0.29, 0.717) is 32.9 Å². The first-order chi connectivity index (χ1) is 18.6. The molecule has 3 aromatic carbocycles. The van der Waals surface area contributed by atoms with Crippen LogP contribution in [0.2, 0.25) is 0 Å². The number of benzene rings is 3. The monoisotopic (exact) mass is 640 g/mol. The van der Waals surface area contributed by atoms with Crippen molar-refractivity contribution in [2.24, 2.45) is 0 Å². The quantitative estimate of drug-likeness (QED) is 0.196. The van der Waals surface area contributed by atoms with Gasteiger partial charge in [0.25, 0.3) is 11.8 Å². The molecule has 1 fully saturated rings. The summed E-state index contributed by atoms with van der Waals surface area (Å²) < 4.78 is 12.5. The fourth-order valence-corrected chi connectivity index (χ4v) is 4.89. The lowest BCUT2D eigenvalue weighted by Crippen LogP contribution is -2.54. The Morgan fingerprint density at radius 1 is 1.00 bits per heavy atom. The minimum atomic E-state index is -1.01. The number of imide groups is 2. The largest absolute Gasteiger partial charge is 0.490 e. The maximum atomic E-state index is 13.3. The number of halogens is 1. The van der Waals surface area contributed by atoms with Crippen LogP contribution in [0.4, 0.5) is 10.5 Å². The van der Waals surface area contributed by atoms with Crippen molar-refractivity contribution >= 4 is 58.2 Å². The number of carbonyl (C=O) groups is 4. The molecule has 39 heavy (non-hydrogen) atoms. The lowest BCUT2D eigenvalue weighted by molar-refractivity contribution is -0.122. The molecule has 0 saturated carbocycles. The molecule has 0 atom stereocenters. The van der Waals surface area contributed by atoms with E-state index in [1.165, 1.54) is 18.2 Å². The van der Waals surface area contributed by atoms with Crippen LogP contribution >= 0.6 is 22.6 Å². The lowest BCUT2D eigenvalue weighted by atomic mass is 10.0. The van der Waals surface area contributed by atoms with Gasteiger partial charge in [-0.1, -0.05) is 18.2 Å². The summed E-state index contributed by atoms with van der Waals surface area (Å²) >= 11 is 2.07. The third kappa shape index (κ3) is 6.28. The molecule has 1 aliphatic heterocycles. The number of hydrogen-bond acceptors (Lipinski definition) is 6. The van der Waals surface area contributed by atoms with E-state index in [1.807, 2.05) is 26.8 Å². The highest BCUT2D eigenvalue weighted by Crippen LogP contribution is 2.36. The van der Waals surface area contributed by atoms with Gasteiger partial charge in [0, 0.05) is 0 Å². The molecule has 0 bridgehead atoms. The third-order valence-electron chi connectivity index (χ3n) is 5.79. The summed E-state index contributed by atoms with van der Waals surface area (Å²) in [5, 5.41) is 11.3. The average Bonchev–Trinajstić information content (AvgIpc) is 2.86. The standard InChI is InChI=1S/C29H25IN2O7/c1-4-38-24-14-19(13-23(30)25(24)39-15-18-5-7-20(8-6-18)28(35)36)12-22-26(33)31-29(37)32(27(22)34)21-10-16(2)9-17(3)11-21/h5-14H,4,15H2,1-3H3,(H,35,36)(H,31,33,37)/b22-12+. The lowest BCUT2D eigenvalue weighted by Gasteiger charge is -2.27. The zero-order valence-corrected chi connectivity index (χ0v) is 23.6. The topological polar surface area (TPSA) is 122 Å². The zero-order chi connectivity index (χ0) is 28.3. The predicted molar refractivity (Wildman–Crippen MR) is 153 cm³/mol. The van der Waals surface area contributed by atoms with Crippen molar-refractivity contribution in [1.82, 2.24) is 5.32 Å². The molecule has 1 heterocycles. The highest BCUT2D eigenvalue weighted by molar-refractivity contribution is 14.1. The summed E-state index contributed by atoms with van der Waals surface area (Å²) in [5.41, 5.74) is 3.38. The molecule has 0 radical (unpaired) electrons. The van der Waals surface area contributed by atoms with E-state index in [9.17, 15) is 19.2 Å². The Labute approximate surface area is 238 Å². The second-order valence-corrected chi connectivity index (χ2v) is 10.0. The number of amides is 4. The average molecular weight is 640 g/mol. The van der Waals surface area contributed by atoms with Crippen molar-refractivity contribution in [3.8, 4) is 11.5 Å². The number of nitrogens with zero attached hydrogens (tertiary/aromatic N) is 1. The SMILES string of the molecule is CCOc1cc(/C=C2\C(=O)NC(=O)N(c3cc(C)cc(C)c3)C2=O)cc(I)c1OCc1ccc(C(=O)O)cc1. The fraction of sp³-hybridized carbons (Fsp3) is 0.172. The van der Waals surface area contributed by atoms with Gasteiger partial charge in [0.2, 0.25) is 0 Å². The second kappa shape index (κ2) is 11.7. The van der Waals surface area contributed by atoms with Crippen molar-refractivity contribution in [1.29, 1.82) is 0 Å². The Morgan fingerprint density at radius 2 is 1.67 bits per heavy atom. The van der Waals surface area contributed by atoms with E-state index in [4.69, 9.17) is 14.6 Å². The molecule has 0 aromatic heterocycles. The number of anilines is 1.